The van der Waals surface area contributed by atoms with Gasteiger partial charge in [0.05, 0.1) is 0 Å². The third-order valence-electron chi connectivity index (χ3n) is 2.79. The number of carboxylic acids is 1. The van der Waals surface area contributed by atoms with E-state index in [1.165, 1.54) is 0 Å². The number of benzene rings is 2. The lowest BCUT2D eigenvalue weighted by atomic mass is 10.1. The minimum atomic E-state index is -1.56. The minimum Gasteiger partial charge on any atom is -0.480 e. The normalized spacial score (nSPS) is 13.7. The molecule has 0 aromatic heterocycles. The summed E-state index contributed by atoms with van der Waals surface area (Å²) in [6.07, 6.45) is 0. The van der Waals surface area contributed by atoms with Crippen LogP contribution in [0.15, 0.2) is 54.6 Å². The van der Waals surface area contributed by atoms with Gasteiger partial charge in [0.2, 0.25) is 0 Å². The molecule has 104 valence electrons. The highest BCUT2D eigenvalue weighted by Gasteiger charge is 2.26. The van der Waals surface area contributed by atoms with Crippen LogP contribution in [-0.2, 0) is 21.3 Å². The summed E-state index contributed by atoms with van der Waals surface area (Å²) in [5.41, 5.74) is 1.30. The Bertz CT molecular complexity index is 628. The zero-order valence-corrected chi connectivity index (χ0v) is 12.1. The summed E-state index contributed by atoms with van der Waals surface area (Å²) in [7, 11) is -1.56. The van der Waals surface area contributed by atoms with Crippen LogP contribution in [0.5, 0.6) is 0 Å². The molecule has 0 fully saturated rings. The summed E-state index contributed by atoms with van der Waals surface area (Å²) in [5.74, 6) is -0.927. The predicted molar refractivity (Wildman–Crippen MR) is 80.1 cm³/mol. The molecule has 3 nitrogen and oxygen atoms in total. The fourth-order valence-electron chi connectivity index (χ4n) is 1.91. The Labute approximate surface area is 124 Å². The maximum absolute atomic E-state index is 12.4. The van der Waals surface area contributed by atoms with Crippen molar-refractivity contribution in [3.63, 3.8) is 0 Å². The molecule has 0 saturated heterocycles. The molecule has 0 aliphatic carbocycles. The molecule has 0 amide bonds. The van der Waals surface area contributed by atoms with Gasteiger partial charge in [0.1, 0.15) is 0 Å². The SMILES string of the molecule is O=C(O)C(c1ccccc1)S(=O)Cc1cccc(Cl)c1. The molecule has 0 aliphatic heterocycles. The van der Waals surface area contributed by atoms with Gasteiger partial charge < -0.3 is 5.11 Å². The van der Waals surface area contributed by atoms with Crippen molar-refractivity contribution in [1.82, 2.24) is 0 Å². The first-order chi connectivity index (χ1) is 9.58. The standard InChI is InChI=1S/C15H13ClO3S/c16-13-8-4-5-11(9-13)10-20(19)14(15(17)18)12-6-2-1-3-7-12/h1-9,14H,10H2,(H,17,18). The van der Waals surface area contributed by atoms with Gasteiger partial charge in [0.15, 0.2) is 5.25 Å². The Kier molecular flexibility index (Phi) is 4.93. The zero-order chi connectivity index (χ0) is 14.5. The first-order valence-electron chi connectivity index (χ1n) is 5.97. The molecule has 2 aromatic carbocycles. The molecule has 2 rings (SSSR count). The maximum Gasteiger partial charge on any atom is 0.323 e. The summed E-state index contributed by atoms with van der Waals surface area (Å²) in [4.78, 5) is 11.4. The smallest absolute Gasteiger partial charge is 0.323 e. The Morgan fingerprint density at radius 2 is 1.85 bits per heavy atom. The molecule has 1 N–H and O–H groups in total. The highest BCUT2D eigenvalue weighted by Crippen LogP contribution is 2.23. The quantitative estimate of drug-likeness (QED) is 0.921. The van der Waals surface area contributed by atoms with Crippen molar-refractivity contribution in [3.05, 3.63) is 70.7 Å². The summed E-state index contributed by atoms with van der Waals surface area (Å²) in [6, 6.07) is 15.6. The van der Waals surface area contributed by atoms with Crippen molar-refractivity contribution in [1.29, 1.82) is 0 Å². The maximum atomic E-state index is 12.4. The summed E-state index contributed by atoms with van der Waals surface area (Å²) in [6.45, 7) is 0. The van der Waals surface area contributed by atoms with Crippen LogP contribution in [0.4, 0.5) is 0 Å². The molecule has 0 heterocycles. The van der Waals surface area contributed by atoms with Crippen LogP contribution in [0.3, 0.4) is 0 Å². The average molecular weight is 309 g/mol. The van der Waals surface area contributed by atoms with Gasteiger partial charge in [-0.3, -0.25) is 9.00 Å². The fourth-order valence-corrected chi connectivity index (χ4v) is 3.48. The first kappa shape index (κ1) is 14.8. The summed E-state index contributed by atoms with van der Waals surface area (Å²) >= 11 is 5.87. The number of hydrogen-bond acceptors (Lipinski definition) is 2. The third-order valence-corrected chi connectivity index (χ3v) is 4.64. The van der Waals surface area contributed by atoms with E-state index in [1.54, 1.807) is 54.6 Å². The average Bonchev–Trinajstić information content (AvgIpc) is 2.39. The van der Waals surface area contributed by atoms with Gasteiger partial charge in [0, 0.05) is 21.6 Å². The van der Waals surface area contributed by atoms with Crippen LogP contribution in [0.1, 0.15) is 16.4 Å². The number of carbonyl (C=O) groups is 1. The van der Waals surface area contributed by atoms with Crippen LogP contribution >= 0.6 is 11.6 Å². The molecule has 2 aromatic rings. The summed E-state index contributed by atoms with van der Waals surface area (Å²) < 4.78 is 12.4. The number of rotatable bonds is 5. The first-order valence-corrected chi connectivity index (χ1v) is 7.73. The molecule has 0 spiro atoms. The van der Waals surface area contributed by atoms with Crippen molar-refractivity contribution in [3.8, 4) is 0 Å². The zero-order valence-electron chi connectivity index (χ0n) is 10.5. The molecule has 0 aliphatic rings. The minimum absolute atomic E-state index is 0.159. The highest BCUT2D eigenvalue weighted by molar-refractivity contribution is 7.85. The number of carboxylic acid groups (broad SMARTS) is 1. The van der Waals surface area contributed by atoms with Gasteiger partial charge in [-0.05, 0) is 23.3 Å². The van der Waals surface area contributed by atoms with Gasteiger partial charge in [-0.1, -0.05) is 54.1 Å². The molecular formula is C15H13ClO3S. The molecule has 5 heteroatoms. The van der Waals surface area contributed by atoms with Crippen molar-refractivity contribution in [2.45, 2.75) is 11.0 Å². The van der Waals surface area contributed by atoms with Crippen LogP contribution in [0, 0.1) is 0 Å². The number of halogens is 1. The number of aliphatic carboxylic acids is 1. The van der Waals surface area contributed by atoms with Crippen LogP contribution in [0.25, 0.3) is 0 Å². The molecule has 20 heavy (non-hydrogen) atoms. The van der Waals surface area contributed by atoms with Crippen LogP contribution in [0.2, 0.25) is 5.02 Å². The number of hydrogen-bond donors (Lipinski definition) is 1. The van der Waals surface area contributed by atoms with E-state index in [2.05, 4.69) is 0 Å². The summed E-state index contributed by atoms with van der Waals surface area (Å²) in [5, 5.41) is 8.83. The van der Waals surface area contributed by atoms with E-state index in [0.717, 1.165) is 5.56 Å². The molecule has 2 unspecified atom stereocenters. The largest absolute Gasteiger partial charge is 0.480 e. The van der Waals surface area contributed by atoms with E-state index in [9.17, 15) is 14.1 Å². The molecule has 0 radical (unpaired) electrons. The fraction of sp³-hybridized carbons (Fsp3) is 0.133. The predicted octanol–water partition coefficient (Wildman–Crippen LogP) is 3.41. The Hall–Kier alpha value is -1.65. The lowest BCUT2D eigenvalue weighted by molar-refractivity contribution is -0.136. The van der Waals surface area contributed by atoms with Crippen molar-refractivity contribution in [2.24, 2.45) is 0 Å². The molecule has 0 saturated carbocycles. The third kappa shape index (κ3) is 3.68. The highest BCUT2D eigenvalue weighted by atomic mass is 35.5. The van der Waals surface area contributed by atoms with Crippen molar-refractivity contribution in [2.75, 3.05) is 0 Å². The molecular weight excluding hydrogens is 296 g/mol. The van der Waals surface area contributed by atoms with Crippen molar-refractivity contribution >= 4 is 28.4 Å². The Balaban J connectivity index is 2.23. The van der Waals surface area contributed by atoms with Gasteiger partial charge in [0.25, 0.3) is 0 Å². The Morgan fingerprint density at radius 1 is 1.15 bits per heavy atom. The van der Waals surface area contributed by atoms with E-state index >= 15 is 0 Å². The van der Waals surface area contributed by atoms with Gasteiger partial charge in [-0.2, -0.15) is 0 Å². The van der Waals surface area contributed by atoms with E-state index < -0.39 is 22.0 Å². The topological polar surface area (TPSA) is 54.4 Å². The van der Waals surface area contributed by atoms with E-state index in [1.807, 2.05) is 0 Å². The lowest BCUT2D eigenvalue weighted by Crippen LogP contribution is -2.18. The molecule has 2 atom stereocenters. The second-order valence-electron chi connectivity index (χ2n) is 4.28. The lowest BCUT2D eigenvalue weighted by Gasteiger charge is -2.12. The van der Waals surface area contributed by atoms with Crippen LogP contribution < -0.4 is 0 Å². The van der Waals surface area contributed by atoms with Gasteiger partial charge >= 0.3 is 5.97 Å². The van der Waals surface area contributed by atoms with Crippen LogP contribution in [-0.4, -0.2) is 15.3 Å². The van der Waals surface area contributed by atoms with Gasteiger partial charge in [-0.15, -0.1) is 0 Å². The Morgan fingerprint density at radius 3 is 2.45 bits per heavy atom. The monoisotopic (exact) mass is 308 g/mol. The molecule has 0 bridgehead atoms. The second kappa shape index (κ2) is 6.68. The van der Waals surface area contributed by atoms with E-state index in [0.29, 0.717) is 10.6 Å². The second-order valence-corrected chi connectivity index (χ2v) is 6.24. The van der Waals surface area contributed by atoms with E-state index in [-0.39, 0.29) is 5.75 Å². The van der Waals surface area contributed by atoms with Crippen molar-refractivity contribution < 1.29 is 14.1 Å². The van der Waals surface area contributed by atoms with E-state index in [4.69, 9.17) is 11.6 Å². The van der Waals surface area contributed by atoms with Gasteiger partial charge in [-0.25, -0.2) is 0 Å².